The predicted molar refractivity (Wildman–Crippen MR) is 126 cm³/mol. The summed E-state index contributed by atoms with van der Waals surface area (Å²) in [5, 5.41) is 9.68. The van der Waals surface area contributed by atoms with Gasteiger partial charge in [0.1, 0.15) is 11.4 Å². The van der Waals surface area contributed by atoms with E-state index in [1.807, 2.05) is 12.1 Å². The summed E-state index contributed by atoms with van der Waals surface area (Å²) in [6.07, 6.45) is 22.6. The van der Waals surface area contributed by atoms with Crippen LogP contribution in [-0.4, -0.2) is 25.7 Å². The summed E-state index contributed by atoms with van der Waals surface area (Å²) in [5.74, 6) is 0.371. The number of phenolic OH excluding ortho intramolecular Hbond substituents is 1. The second-order valence-corrected chi connectivity index (χ2v) is 9.23. The number of nitrogens with zero attached hydrogens (tertiary/aromatic N) is 1. The van der Waals surface area contributed by atoms with Crippen molar-refractivity contribution in [2.75, 3.05) is 20.6 Å². The highest BCUT2D eigenvalue weighted by atomic mass is 16.3. The molecule has 1 rings (SSSR count). The second-order valence-electron chi connectivity index (χ2n) is 9.23. The van der Waals surface area contributed by atoms with Gasteiger partial charge in [-0.25, -0.2) is 0 Å². The molecule has 28 heavy (non-hydrogen) atoms. The summed E-state index contributed by atoms with van der Waals surface area (Å²) in [4.78, 5) is 0. The molecule has 0 saturated carbocycles. The van der Waals surface area contributed by atoms with Gasteiger partial charge in [-0.1, -0.05) is 103 Å². The van der Waals surface area contributed by atoms with Crippen molar-refractivity contribution in [2.45, 2.75) is 110 Å². The van der Waals surface area contributed by atoms with Gasteiger partial charge in [-0.05, 0) is 25.0 Å². The molecular formula is C26H48NO+. The Bertz CT molecular complexity index is 483. The topological polar surface area (TPSA) is 20.2 Å². The lowest BCUT2D eigenvalue weighted by molar-refractivity contribution is 0.378. The molecule has 0 atom stereocenters. The van der Waals surface area contributed by atoms with Gasteiger partial charge in [0.25, 0.3) is 0 Å². The van der Waals surface area contributed by atoms with E-state index in [9.17, 15) is 5.11 Å². The molecule has 1 aromatic rings. The quantitative estimate of drug-likeness (QED) is 0.198. The van der Waals surface area contributed by atoms with E-state index in [0.717, 1.165) is 11.0 Å². The number of unbranched alkanes of at least 4 members (excludes halogenated alkanes) is 15. The normalized spacial score (nSPS) is 11.8. The largest absolute Gasteiger partial charge is 0.508 e. The van der Waals surface area contributed by atoms with Crippen LogP contribution in [0.4, 0.5) is 5.69 Å². The first-order valence-electron chi connectivity index (χ1n) is 12.2. The molecule has 0 fully saturated rings. The Labute approximate surface area is 175 Å². The Morgan fingerprint density at radius 3 is 1.50 bits per heavy atom. The third-order valence-corrected chi connectivity index (χ3v) is 6.10. The molecule has 0 radical (unpaired) electrons. The Hall–Kier alpha value is -1.02. The third-order valence-electron chi connectivity index (χ3n) is 6.10. The fourth-order valence-corrected chi connectivity index (χ4v) is 4.05. The zero-order chi connectivity index (χ0) is 20.5. The molecule has 0 amide bonds. The van der Waals surface area contributed by atoms with Crippen molar-refractivity contribution in [3.63, 3.8) is 0 Å². The first-order valence-corrected chi connectivity index (χ1v) is 12.2. The van der Waals surface area contributed by atoms with Crippen LogP contribution in [0.25, 0.3) is 0 Å². The highest BCUT2D eigenvalue weighted by molar-refractivity contribution is 5.46. The van der Waals surface area contributed by atoms with E-state index >= 15 is 0 Å². The van der Waals surface area contributed by atoms with Crippen molar-refractivity contribution in [2.24, 2.45) is 0 Å². The molecule has 0 bridgehead atoms. The van der Waals surface area contributed by atoms with Crippen molar-refractivity contribution in [1.82, 2.24) is 4.48 Å². The van der Waals surface area contributed by atoms with Crippen molar-refractivity contribution in [3.05, 3.63) is 24.3 Å². The number of quaternary nitrogens is 1. The minimum atomic E-state index is 0.371. The number of aromatic hydroxyl groups is 1. The fraction of sp³-hybridized carbons (Fsp3) is 0.769. The van der Waals surface area contributed by atoms with Crippen molar-refractivity contribution in [3.8, 4) is 5.75 Å². The molecule has 2 nitrogen and oxygen atoms in total. The minimum absolute atomic E-state index is 0.371. The van der Waals surface area contributed by atoms with Gasteiger partial charge in [0.15, 0.2) is 0 Å². The minimum Gasteiger partial charge on any atom is -0.508 e. The third kappa shape index (κ3) is 12.4. The average Bonchev–Trinajstić information content (AvgIpc) is 2.67. The standard InChI is InChI=1S/C26H47NO/c1-4-5-6-7-8-9-10-11-12-13-14-15-16-17-18-19-23-27(2,3)25-21-20-22-26(28)24-25/h20-22,24H,4-19,23H2,1-3H3/p+1. The smallest absolute Gasteiger partial charge is 0.136 e. The van der Waals surface area contributed by atoms with Crippen LogP contribution in [-0.2, 0) is 0 Å². The molecular weight excluding hydrogens is 342 g/mol. The van der Waals surface area contributed by atoms with Gasteiger partial charge in [0.2, 0.25) is 0 Å². The summed E-state index contributed by atoms with van der Waals surface area (Å²) in [5.41, 5.74) is 1.20. The van der Waals surface area contributed by atoms with Crippen LogP contribution in [0.5, 0.6) is 5.75 Å². The predicted octanol–water partition coefficient (Wildman–Crippen LogP) is 8.22. The molecule has 0 heterocycles. The maximum absolute atomic E-state index is 9.68. The lowest BCUT2D eigenvalue weighted by Gasteiger charge is -2.29. The molecule has 0 saturated heterocycles. The maximum Gasteiger partial charge on any atom is 0.136 e. The van der Waals surface area contributed by atoms with Gasteiger partial charge >= 0.3 is 0 Å². The number of benzene rings is 1. The summed E-state index contributed by atoms with van der Waals surface area (Å²) >= 11 is 0. The van der Waals surface area contributed by atoms with Gasteiger partial charge in [-0.15, -0.1) is 0 Å². The number of rotatable bonds is 18. The van der Waals surface area contributed by atoms with E-state index in [-0.39, 0.29) is 0 Å². The van der Waals surface area contributed by atoms with Crippen LogP contribution in [0.3, 0.4) is 0 Å². The van der Waals surface area contributed by atoms with E-state index in [1.54, 1.807) is 6.07 Å². The number of hydrogen-bond donors (Lipinski definition) is 1. The van der Waals surface area contributed by atoms with Crippen LogP contribution >= 0.6 is 0 Å². The van der Waals surface area contributed by atoms with Crippen molar-refractivity contribution >= 4 is 5.69 Å². The molecule has 0 aromatic heterocycles. The molecule has 0 aliphatic rings. The lowest BCUT2D eigenvalue weighted by Crippen LogP contribution is -2.41. The van der Waals surface area contributed by atoms with Gasteiger partial charge in [0, 0.05) is 6.07 Å². The summed E-state index contributed by atoms with van der Waals surface area (Å²) in [6.45, 7) is 3.43. The summed E-state index contributed by atoms with van der Waals surface area (Å²) in [7, 11) is 4.47. The van der Waals surface area contributed by atoms with E-state index in [2.05, 4.69) is 27.1 Å². The van der Waals surface area contributed by atoms with E-state index in [4.69, 9.17) is 0 Å². The average molecular weight is 391 g/mol. The van der Waals surface area contributed by atoms with Gasteiger partial charge in [-0.2, -0.15) is 0 Å². The van der Waals surface area contributed by atoms with Crippen molar-refractivity contribution in [1.29, 1.82) is 0 Å². The van der Waals surface area contributed by atoms with Crippen LogP contribution in [0.15, 0.2) is 24.3 Å². The first kappa shape index (κ1) is 25.0. The zero-order valence-electron chi connectivity index (χ0n) is 19.2. The van der Waals surface area contributed by atoms with Crippen LogP contribution in [0, 0.1) is 0 Å². The van der Waals surface area contributed by atoms with Gasteiger partial charge in [-0.3, -0.25) is 4.48 Å². The maximum atomic E-state index is 9.68. The van der Waals surface area contributed by atoms with E-state index in [0.29, 0.717) is 5.75 Å². The summed E-state index contributed by atoms with van der Waals surface area (Å²) < 4.78 is 0.854. The van der Waals surface area contributed by atoms with Gasteiger partial charge < -0.3 is 5.11 Å². The molecule has 162 valence electrons. The summed E-state index contributed by atoms with van der Waals surface area (Å²) in [6, 6.07) is 7.70. The van der Waals surface area contributed by atoms with Crippen LogP contribution in [0.1, 0.15) is 110 Å². The highest BCUT2D eigenvalue weighted by Crippen LogP contribution is 2.24. The number of phenols is 1. The number of hydrogen-bond acceptors (Lipinski definition) is 1. The van der Waals surface area contributed by atoms with E-state index in [1.165, 1.54) is 108 Å². The lowest BCUT2D eigenvalue weighted by atomic mass is 10.0. The van der Waals surface area contributed by atoms with Crippen LogP contribution in [0.2, 0.25) is 0 Å². The monoisotopic (exact) mass is 390 g/mol. The Balaban J connectivity index is 1.88. The van der Waals surface area contributed by atoms with Gasteiger partial charge in [0.05, 0.1) is 20.6 Å². The zero-order valence-corrected chi connectivity index (χ0v) is 19.2. The SMILES string of the molecule is CCCCCCCCCCCCCCCCCC[N+](C)(C)c1cccc(O)c1. The molecule has 0 aliphatic heterocycles. The van der Waals surface area contributed by atoms with Crippen LogP contribution < -0.4 is 4.48 Å². The van der Waals surface area contributed by atoms with Crippen molar-refractivity contribution < 1.29 is 5.11 Å². The molecule has 1 N–H and O–H groups in total. The molecule has 1 aromatic carbocycles. The molecule has 0 aliphatic carbocycles. The molecule has 2 heteroatoms. The highest BCUT2D eigenvalue weighted by Gasteiger charge is 2.18. The Kier molecular flexibility index (Phi) is 14.2. The Morgan fingerprint density at radius 2 is 1.07 bits per heavy atom. The first-order chi connectivity index (χ1) is 13.6. The van der Waals surface area contributed by atoms with E-state index < -0.39 is 0 Å². The Morgan fingerprint density at radius 1 is 0.643 bits per heavy atom. The molecule has 0 unspecified atom stereocenters. The fourth-order valence-electron chi connectivity index (χ4n) is 4.05. The second kappa shape index (κ2) is 15.9. The molecule has 0 spiro atoms.